The zero-order chi connectivity index (χ0) is 12.4. The van der Waals surface area contributed by atoms with Crippen molar-refractivity contribution in [2.75, 3.05) is 6.54 Å². The molecule has 0 saturated carbocycles. The summed E-state index contributed by atoms with van der Waals surface area (Å²) in [5, 5.41) is 2.92. The first-order valence-corrected chi connectivity index (χ1v) is 6.63. The van der Waals surface area contributed by atoms with Crippen molar-refractivity contribution < 1.29 is 4.79 Å². The summed E-state index contributed by atoms with van der Waals surface area (Å²) in [6, 6.07) is 6.52. The second-order valence-electron chi connectivity index (χ2n) is 4.78. The number of fused-ring (bicyclic) bond motifs is 1. The van der Waals surface area contributed by atoms with Gasteiger partial charge in [-0.05, 0) is 37.1 Å². The molecule has 0 atom stereocenters. The van der Waals surface area contributed by atoms with Crippen LogP contribution in [0.25, 0.3) is 0 Å². The molecule has 3 nitrogen and oxygen atoms in total. The number of amides is 1. The highest BCUT2D eigenvalue weighted by Gasteiger charge is 2.20. The average molecular weight is 297 g/mol. The quantitative estimate of drug-likeness (QED) is 0.928. The van der Waals surface area contributed by atoms with Gasteiger partial charge in [0.1, 0.15) is 0 Å². The monoisotopic (exact) mass is 296 g/mol. The summed E-state index contributed by atoms with van der Waals surface area (Å²) in [5.74, 6) is 0.104. The number of nitrogens with zero attached hydrogens (tertiary/aromatic N) is 1. The molecular weight excluding hydrogens is 280 g/mol. The Kier molecular flexibility index (Phi) is 3.84. The van der Waals surface area contributed by atoms with Crippen LogP contribution in [0.4, 0.5) is 0 Å². The summed E-state index contributed by atoms with van der Waals surface area (Å²) >= 11 is 3.47. The van der Waals surface area contributed by atoms with Crippen LogP contribution in [0.1, 0.15) is 25.0 Å². The minimum atomic E-state index is 0.104. The van der Waals surface area contributed by atoms with Crippen molar-refractivity contribution in [3.63, 3.8) is 0 Å². The van der Waals surface area contributed by atoms with E-state index in [-0.39, 0.29) is 11.9 Å². The summed E-state index contributed by atoms with van der Waals surface area (Å²) in [4.78, 5) is 13.8. The van der Waals surface area contributed by atoms with E-state index in [1.165, 1.54) is 11.1 Å². The number of hydrogen-bond donors (Lipinski definition) is 1. The Morgan fingerprint density at radius 2 is 2.12 bits per heavy atom. The van der Waals surface area contributed by atoms with Crippen LogP contribution in [0, 0.1) is 0 Å². The van der Waals surface area contributed by atoms with Gasteiger partial charge >= 0.3 is 0 Å². The SMILES string of the molecule is CC(C)NC(=O)CN1Cc2ccc(Br)cc2C1. The lowest BCUT2D eigenvalue weighted by Crippen LogP contribution is -2.38. The van der Waals surface area contributed by atoms with Gasteiger partial charge in [0, 0.05) is 23.6 Å². The van der Waals surface area contributed by atoms with Gasteiger partial charge in [-0.15, -0.1) is 0 Å². The van der Waals surface area contributed by atoms with Crippen molar-refractivity contribution in [1.29, 1.82) is 0 Å². The van der Waals surface area contributed by atoms with Gasteiger partial charge in [-0.1, -0.05) is 22.0 Å². The van der Waals surface area contributed by atoms with Crippen LogP contribution in [0.15, 0.2) is 22.7 Å². The molecule has 1 amide bonds. The average Bonchev–Trinajstić information content (AvgIpc) is 2.57. The number of halogens is 1. The van der Waals surface area contributed by atoms with Crippen LogP contribution in [0.5, 0.6) is 0 Å². The topological polar surface area (TPSA) is 32.3 Å². The standard InChI is InChI=1S/C13H17BrN2O/c1-9(2)15-13(17)8-16-6-10-3-4-12(14)5-11(10)7-16/h3-5,9H,6-8H2,1-2H3,(H,15,17). The number of benzene rings is 1. The summed E-state index contributed by atoms with van der Waals surface area (Å²) in [7, 11) is 0. The van der Waals surface area contributed by atoms with Gasteiger partial charge in [0.05, 0.1) is 6.54 Å². The van der Waals surface area contributed by atoms with Gasteiger partial charge in [0.15, 0.2) is 0 Å². The number of rotatable bonds is 3. The fourth-order valence-corrected chi connectivity index (χ4v) is 2.52. The van der Waals surface area contributed by atoms with Crippen molar-refractivity contribution in [3.05, 3.63) is 33.8 Å². The first kappa shape index (κ1) is 12.6. The van der Waals surface area contributed by atoms with Gasteiger partial charge in [-0.25, -0.2) is 0 Å². The van der Waals surface area contributed by atoms with E-state index >= 15 is 0 Å². The molecule has 0 bridgehead atoms. The van der Waals surface area contributed by atoms with Gasteiger partial charge in [0.25, 0.3) is 0 Å². The number of nitrogens with one attached hydrogen (secondary N) is 1. The molecule has 1 N–H and O–H groups in total. The highest BCUT2D eigenvalue weighted by molar-refractivity contribution is 9.10. The molecule has 4 heteroatoms. The predicted octanol–water partition coefficient (Wildman–Crippen LogP) is 2.29. The lowest BCUT2D eigenvalue weighted by Gasteiger charge is -2.15. The van der Waals surface area contributed by atoms with Crippen LogP contribution in [-0.4, -0.2) is 23.4 Å². The Labute approximate surface area is 110 Å². The highest BCUT2D eigenvalue weighted by atomic mass is 79.9. The van der Waals surface area contributed by atoms with Crippen LogP contribution in [0.3, 0.4) is 0 Å². The molecule has 0 radical (unpaired) electrons. The van der Waals surface area contributed by atoms with Crippen molar-refractivity contribution in [2.45, 2.75) is 33.0 Å². The summed E-state index contributed by atoms with van der Waals surface area (Å²) < 4.78 is 1.10. The van der Waals surface area contributed by atoms with Crippen molar-refractivity contribution >= 4 is 21.8 Å². The Bertz CT molecular complexity index is 431. The fourth-order valence-electron chi connectivity index (χ4n) is 2.12. The molecule has 0 saturated heterocycles. The summed E-state index contributed by atoms with van der Waals surface area (Å²) in [6.07, 6.45) is 0. The van der Waals surface area contributed by atoms with E-state index < -0.39 is 0 Å². The minimum Gasteiger partial charge on any atom is -0.353 e. The van der Waals surface area contributed by atoms with Gasteiger partial charge < -0.3 is 5.32 Å². The second kappa shape index (κ2) is 5.19. The fraction of sp³-hybridized carbons (Fsp3) is 0.462. The Morgan fingerprint density at radius 1 is 1.41 bits per heavy atom. The third-order valence-corrected chi connectivity index (χ3v) is 3.27. The zero-order valence-electron chi connectivity index (χ0n) is 10.2. The minimum absolute atomic E-state index is 0.104. The second-order valence-corrected chi connectivity index (χ2v) is 5.70. The lowest BCUT2D eigenvalue weighted by atomic mass is 10.1. The maximum Gasteiger partial charge on any atom is 0.234 e. The first-order valence-electron chi connectivity index (χ1n) is 5.83. The van der Waals surface area contributed by atoms with E-state index in [0.717, 1.165) is 17.6 Å². The molecule has 1 heterocycles. The largest absolute Gasteiger partial charge is 0.353 e. The molecule has 0 unspecified atom stereocenters. The smallest absolute Gasteiger partial charge is 0.234 e. The number of carbonyl (C=O) groups is 1. The molecule has 92 valence electrons. The van der Waals surface area contributed by atoms with Crippen LogP contribution in [-0.2, 0) is 17.9 Å². The lowest BCUT2D eigenvalue weighted by molar-refractivity contribution is -0.122. The highest BCUT2D eigenvalue weighted by Crippen LogP contribution is 2.25. The summed E-state index contributed by atoms with van der Waals surface area (Å²) in [6.45, 7) is 6.17. The third kappa shape index (κ3) is 3.30. The van der Waals surface area contributed by atoms with Crippen LogP contribution < -0.4 is 5.32 Å². The maximum absolute atomic E-state index is 11.7. The van der Waals surface area contributed by atoms with E-state index in [2.05, 4.69) is 44.3 Å². The Morgan fingerprint density at radius 3 is 2.82 bits per heavy atom. The molecule has 0 aromatic heterocycles. The summed E-state index contributed by atoms with van der Waals surface area (Å²) in [5.41, 5.74) is 2.64. The third-order valence-electron chi connectivity index (χ3n) is 2.77. The van der Waals surface area contributed by atoms with E-state index in [9.17, 15) is 4.79 Å². The van der Waals surface area contributed by atoms with Crippen molar-refractivity contribution in [2.24, 2.45) is 0 Å². The molecule has 0 fully saturated rings. The van der Waals surface area contributed by atoms with E-state index in [1.54, 1.807) is 0 Å². The molecule has 1 aliphatic rings. The molecule has 1 aromatic rings. The van der Waals surface area contributed by atoms with E-state index in [4.69, 9.17) is 0 Å². The van der Waals surface area contributed by atoms with Gasteiger partial charge in [-0.2, -0.15) is 0 Å². The van der Waals surface area contributed by atoms with Crippen LogP contribution in [0.2, 0.25) is 0 Å². The predicted molar refractivity (Wildman–Crippen MR) is 71.5 cm³/mol. The maximum atomic E-state index is 11.7. The van der Waals surface area contributed by atoms with E-state index in [1.807, 2.05) is 13.8 Å². The van der Waals surface area contributed by atoms with Crippen molar-refractivity contribution in [3.8, 4) is 0 Å². The Hall–Kier alpha value is -0.870. The normalized spacial score (nSPS) is 15.1. The molecular formula is C13H17BrN2O. The molecule has 0 spiro atoms. The zero-order valence-corrected chi connectivity index (χ0v) is 11.8. The molecule has 17 heavy (non-hydrogen) atoms. The number of hydrogen-bond acceptors (Lipinski definition) is 2. The van der Waals surface area contributed by atoms with Gasteiger partial charge in [-0.3, -0.25) is 9.69 Å². The van der Waals surface area contributed by atoms with Gasteiger partial charge in [0.2, 0.25) is 5.91 Å². The Balaban J connectivity index is 1.94. The molecule has 0 aliphatic carbocycles. The van der Waals surface area contributed by atoms with Crippen molar-refractivity contribution in [1.82, 2.24) is 10.2 Å². The molecule has 1 aromatic carbocycles. The molecule has 2 rings (SSSR count). The number of carbonyl (C=O) groups excluding carboxylic acids is 1. The molecule has 1 aliphatic heterocycles. The van der Waals surface area contributed by atoms with Crippen LogP contribution >= 0.6 is 15.9 Å². The van der Waals surface area contributed by atoms with E-state index in [0.29, 0.717) is 6.54 Å². The first-order chi connectivity index (χ1) is 8.04.